The molecule has 2 rings (SSSR count). The number of nitrogens with one attached hydrogen (secondary N) is 1. The molecular formula is C8H14N4. The zero-order valence-electron chi connectivity index (χ0n) is 7.30. The highest BCUT2D eigenvalue weighted by Crippen LogP contribution is 2.18. The third-order valence-electron chi connectivity index (χ3n) is 2.40. The topological polar surface area (TPSA) is 57.9 Å². The number of aromatic nitrogens is 2. The lowest BCUT2D eigenvalue weighted by Crippen LogP contribution is -2.26. The van der Waals surface area contributed by atoms with E-state index < -0.39 is 0 Å². The highest BCUT2D eigenvalue weighted by atomic mass is 15.2. The number of aromatic amines is 1. The van der Waals surface area contributed by atoms with Crippen LogP contribution in [0.4, 0.5) is 0 Å². The van der Waals surface area contributed by atoms with Gasteiger partial charge in [0.2, 0.25) is 0 Å². The molecule has 2 heterocycles. The van der Waals surface area contributed by atoms with Crippen molar-refractivity contribution in [3.8, 4) is 0 Å². The van der Waals surface area contributed by atoms with Crippen LogP contribution in [0, 0.1) is 0 Å². The zero-order chi connectivity index (χ0) is 8.55. The van der Waals surface area contributed by atoms with Crippen LogP contribution in [0.1, 0.15) is 17.0 Å². The maximum atomic E-state index is 5.56. The largest absolute Gasteiger partial charge is 0.325 e. The van der Waals surface area contributed by atoms with E-state index in [-0.39, 0.29) is 0 Å². The normalized spacial score (nSPS) is 17.8. The molecular weight excluding hydrogens is 152 g/mol. The first-order valence-electron chi connectivity index (χ1n) is 4.25. The average molecular weight is 166 g/mol. The van der Waals surface area contributed by atoms with E-state index in [1.165, 1.54) is 11.3 Å². The second kappa shape index (κ2) is 2.88. The Balaban J connectivity index is 2.34. The van der Waals surface area contributed by atoms with Crippen LogP contribution >= 0.6 is 0 Å². The molecule has 0 unspecified atom stereocenters. The van der Waals surface area contributed by atoms with Gasteiger partial charge in [0.05, 0.1) is 5.69 Å². The molecule has 0 atom stereocenters. The molecule has 0 aromatic carbocycles. The summed E-state index contributed by atoms with van der Waals surface area (Å²) < 4.78 is 0. The van der Waals surface area contributed by atoms with Gasteiger partial charge in [-0.05, 0) is 7.05 Å². The summed E-state index contributed by atoms with van der Waals surface area (Å²) in [6.07, 6.45) is 1.07. The molecule has 12 heavy (non-hydrogen) atoms. The molecule has 0 amide bonds. The highest BCUT2D eigenvalue weighted by Gasteiger charge is 2.18. The van der Waals surface area contributed by atoms with Crippen LogP contribution in [0.2, 0.25) is 0 Å². The number of nitrogens with two attached hydrogens (primary N) is 1. The summed E-state index contributed by atoms with van der Waals surface area (Å²) in [7, 11) is 2.12. The van der Waals surface area contributed by atoms with Crippen LogP contribution in [0.3, 0.4) is 0 Å². The van der Waals surface area contributed by atoms with Crippen LogP contribution in [0.5, 0.6) is 0 Å². The Bertz CT molecular complexity index is 265. The highest BCUT2D eigenvalue weighted by molar-refractivity contribution is 5.27. The van der Waals surface area contributed by atoms with Crippen molar-refractivity contribution in [3.05, 3.63) is 17.0 Å². The van der Waals surface area contributed by atoms with E-state index >= 15 is 0 Å². The Kier molecular flexibility index (Phi) is 1.86. The van der Waals surface area contributed by atoms with Gasteiger partial charge in [-0.2, -0.15) is 5.10 Å². The van der Waals surface area contributed by atoms with Crippen LogP contribution in [0.15, 0.2) is 0 Å². The Hall–Kier alpha value is -0.870. The van der Waals surface area contributed by atoms with Gasteiger partial charge < -0.3 is 10.6 Å². The molecule has 0 aliphatic carbocycles. The van der Waals surface area contributed by atoms with Gasteiger partial charge in [-0.3, -0.25) is 5.10 Å². The monoisotopic (exact) mass is 166 g/mol. The first kappa shape index (κ1) is 7.76. The van der Waals surface area contributed by atoms with Gasteiger partial charge in [-0.1, -0.05) is 0 Å². The van der Waals surface area contributed by atoms with E-state index in [4.69, 9.17) is 5.73 Å². The minimum absolute atomic E-state index is 0.541. The summed E-state index contributed by atoms with van der Waals surface area (Å²) in [6, 6.07) is 0. The molecule has 0 spiro atoms. The summed E-state index contributed by atoms with van der Waals surface area (Å²) in [5, 5.41) is 7.22. The average Bonchev–Trinajstić information content (AvgIpc) is 2.46. The third kappa shape index (κ3) is 1.13. The Morgan fingerprint density at radius 3 is 3.25 bits per heavy atom. The van der Waals surface area contributed by atoms with Crippen molar-refractivity contribution < 1.29 is 0 Å². The summed E-state index contributed by atoms with van der Waals surface area (Å²) in [5.74, 6) is 0. The van der Waals surface area contributed by atoms with Crippen LogP contribution < -0.4 is 5.73 Å². The number of hydrogen-bond acceptors (Lipinski definition) is 3. The number of likely N-dealkylation sites (N-methyl/N-ethyl adjacent to an activating group) is 1. The van der Waals surface area contributed by atoms with Crippen molar-refractivity contribution in [3.63, 3.8) is 0 Å². The first-order valence-corrected chi connectivity index (χ1v) is 4.25. The second-order valence-corrected chi connectivity index (χ2v) is 3.32. The van der Waals surface area contributed by atoms with Gasteiger partial charge in [0.15, 0.2) is 0 Å². The Labute approximate surface area is 71.7 Å². The maximum absolute atomic E-state index is 5.56. The lowest BCUT2D eigenvalue weighted by Gasteiger charge is -2.22. The quantitative estimate of drug-likeness (QED) is 0.610. The molecule has 1 aliphatic rings. The molecule has 1 aliphatic heterocycles. The SMILES string of the molecule is CN1CCc2[nH]nc(CN)c2C1. The molecule has 4 heteroatoms. The lowest BCUT2D eigenvalue weighted by atomic mass is 10.1. The van der Waals surface area contributed by atoms with Gasteiger partial charge >= 0.3 is 0 Å². The smallest absolute Gasteiger partial charge is 0.0805 e. The second-order valence-electron chi connectivity index (χ2n) is 3.32. The molecule has 66 valence electrons. The van der Waals surface area contributed by atoms with Crippen LogP contribution in [-0.4, -0.2) is 28.7 Å². The summed E-state index contributed by atoms with van der Waals surface area (Å²) >= 11 is 0. The van der Waals surface area contributed by atoms with Crippen molar-refractivity contribution in [1.82, 2.24) is 15.1 Å². The summed E-state index contributed by atoms with van der Waals surface area (Å²) in [4.78, 5) is 2.29. The third-order valence-corrected chi connectivity index (χ3v) is 2.40. The number of hydrogen-bond donors (Lipinski definition) is 2. The molecule has 0 fully saturated rings. The number of nitrogens with zero attached hydrogens (tertiary/aromatic N) is 2. The van der Waals surface area contributed by atoms with Crippen molar-refractivity contribution in [2.45, 2.75) is 19.5 Å². The molecule has 3 N–H and O–H groups in total. The van der Waals surface area contributed by atoms with E-state index in [2.05, 4.69) is 22.1 Å². The van der Waals surface area contributed by atoms with E-state index in [1.807, 2.05) is 0 Å². The van der Waals surface area contributed by atoms with Gasteiger partial charge in [0, 0.05) is 37.3 Å². The molecule has 0 bridgehead atoms. The van der Waals surface area contributed by atoms with Gasteiger partial charge in [0.1, 0.15) is 0 Å². The predicted octanol–water partition coefficient (Wildman–Crippen LogP) is -0.144. The fourth-order valence-corrected chi connectivity index (χ4v) is 1.66. The van der Waals surface area contributed by atoms with Gasteiger partial charge in [0.25, 0.3) is 0 Å². The molecule has 1 aromatic heterocycles. The molecule has 0 saturated heterocycles. The van der Waals surface area contributed by atoms with E-state index in [0.29, 0.717) is 6.54 Å². The number of fused-ring (bicyclic) bond motifs is 1. The minimum Gasteiger partial charge on any atom is -0.325 e. The fraction of sp³-hybridized carbons (Fsp3) is 0.625. The predicted molar refractivity (Wildman–Crippen MR) is 46.5 cm³/mol. The molecule has 0 saturated carbocycles. The fourth-order valence-electron chi connectivity index (χ4n) is 1.66. The van der Waals surface area contributed by atoms with E-state index in [9.17, 15) is 0 Å². The Morgan fingerprint density at radius 2 is 2.50 bits per heavy atom. The van der Waals surface area contributed by atoms with Crippen molar-refractivity contribution in [2.75, 3.05) is 13.6 Å². The Morgan fingerprint density at radius 1 is 1.67 bits per heavy atom. The number of H-pyrrole nitrogens is 1. The maximum Gasteiger partial charge on any atom is 0.0805 e. The van der Waals surface area contributed by atoms with E-state index in [0.717, 1.165) is 25.2 Å². The van der Waals surface area contributed by atoms with Crippen molar-refractivity contribution in [1.29, 1.82) is 0 Å². The molecule has 4 nitrogen and oxygen atoms in total. The van der Waals surface area contributed by atoms with Gasteiger partial charge in [-0.25, -0.2) is 0 Å². The molecule has 0 radical (unpaired) electrons. The van der Waals surface area contributed by atoms with Crippen molar-refractivity contribution >= 4 is 0 Å². The van der Waals surface area contributed by atoms with Crippen molar-refractivity contribution in [2.24, 2.45) is 5.73 Å². The standard InChI is InChI=1S/C8H14N4/c1-12-3-2-7-6(5-12)8(4-9)11-10-7/h2-5,9H2,1H3,(H,10,11). The van der Waals surface area contributed by atoms with Gasteiger partial charge in [-0.15, -0.1) is 0 Å². The summed E-state index contributed by atoms with van der Waals surface area (Å²) in [5.41, 5.74) is 9.17. The first-order chi connectivity index (χ1) is 5.81. The van der Waals surface area contributed by atoms with Crippen LogP contribution in [0.25, 0.3) is 0 Å². The minimum atomic E-state index is 0.541. The number of rotatable bonds is 1. The lowest BCUT2D eigenvalue weighted by molar-refractivity contribution is 0.310. The van der Waals surface area contributed by atoms with Crippen LogP contribution in [-0.2, 0) is 19.5 Å². The summed E-state index contributed by atoms with van der Waals surface area (Å²) in [6.45, 7) is 2.64. The van der Waals surface area contributed by atoms with E-state index in [1.54, 1.807) is 0 Å². The zero-order valence-corrected chi connectivity index (χ0v) is 7.30. The molecule has 1 aromatic rings.